The van der Waals surface area contributed by atoms with Crippen molar-refractivity contribution >= 4 is 17.3 Å². The Hall–Kier alpha value is -2.34. The van der Waals surface area contributed by atoms with Crippen molar-refractivity contribution in [2.45, 2.75) is 32.6 Å². The monoisotopic (exact) mass is 267 g/mol. The van der Waals surface area contributed by atoms with E-state index in [4.69, 9.17) is 6.42 Å². The van der Waals surface area contributed by atoms with E-state index in [1.165, 1.54) is 0 Å². The average molecular weight is 267 g/mol. The average Bonchev–Trinajstić information content (AvgIpc) is 2.72. The molecule has 1 aliphatic rings. The number of terminal acetylenes is 1. The zero-order valence-electron chi connectivity index (χ0n) is 11.5. The van der Waals surface area contributed by atoms with Crippen LogP contribution in [-0.2, 0) is 4.79 Å². The number of benzene rings is 1. The number of Topliss-reactive ketones (excluding diaryl/α,β-unsaturated/α-hetero) is 1. The number of carbonyl (C=O) groups is 2. The highest BCUT2D eigenvalue weighted by Gasteiger charge is 2.29. The van der Waals surface area contributed by atoms with Gasteiger partial charge >= 0.3 is 0 Å². The standard InChI is InChI=1S/C17H17NO2/c1-3-5-11-15(19)18-16-13(8-4-2)12-9-6-7-10-14(12)17(16)20/h2,6-7,9-10H,3,5,8,11H2,1H3,(H,18,19,20). The molecule has 1 amide bonds. The molecule has 1 aromatic rings. The van der Waals surface area contributed by atoms with Gasteiger partial charge in [0, 0.05) is 18.4 Å². The Morgan fingerprint density at radius 1 is 1.30 bits per heavy atom. The highest BCUT2D eigenvalue weighted by atomic mass is 16.2. The van der Waals surface area contributed by atoms with E-state index < -0.39 is 0 Å². The lowest BCUT2D eigenvalue weighted by Crippen LogP contribution is -2.26. The van der Waals surface area contributed by atoms with Crippen molar-refractivity contribution in [3.05, 3.63) is 41.1 Å². The molecule has 0 atom stereocenters. The number of carbonyl (C=O) groups excluding carboxylic acids is 2. The maximum Gasteiger partial charge on any atom is 0.224 e. The summed E-state index contributed by atoms with van der Waals surface area (Å²) in [5.41, 5.74) is 2.55. The Morgan fingerprint density at radius 3 is 2.65 bits per heavy atom. The summed E-state index contributed by atoms with van der Waals surface area (Å²) in [6.45, 7) is 2.02. The second kappa shape index (κ2) is 6.21. The van der Waals surface area contributed by atoms with Crippen molar-refractivity contribution in [3.63, 3.8) is 0 Å². The molecule has 2 rings (SSSR count). The zero-order chi connectivity index (χ0) is 14.5. The molecule has 102 valence electrons. The first kappa shape index (κ1) is 14.1. The number of fused-ring (bicyclic) bond motifs is 1. The predicted molar refractivity (Wildman–Crippen MR) is 78.8 cm³/mol. The third-order valence-corrected chi connectivity index (χ3v) is 3.33. The fourth-order valence-electron chi connectivity index (χ4n) is 2.31. The Morgan fingerprint density at radius 2 is 2.00 bits per heavy atom. The lowest BCUT2D eigenvalue weighted by atomic mass is 10.0. The molecule has 0 aliphatic heterocycles. The number of rotatable bonds is 5. The van der Waals surface area contributed by atoms with E-state index in [1.54, 1.807) is 6.07 Å². The van der Waals surface area contributed by atoms with E-state index >= 15 is 0 Å². The molecule has 0 radical (unpaired) electrons. The minimum Gasteiger partial charge on any atom is -0.323 e. The molecular formula is C17H17NO2. The zero-order valence-corrected chi connectivity index (χ0v) is 11.5. The summed E-state index contributed by atoms with van der Waals surface area (Å²) >= 11 is 0. The number of hydrogen-bond acceptors (Lipinski definition) is 2. The molecule has 0 aromatic heterocycles. The topological polar surface area (TPSA) is 46.2 Å². The Balaban J connectivity index is 2.30. The van der Waals surface area contributed by atoms with Crippen LogP contribution in [0, 0.1) is 12.3 Å². The van der Waals surface area contributed by atoms with E-state index in [1.807, 2.05) is 25.1 Å². The van der Waals surface area contributed by atoms with E-state index in [2.05, 4.69) is 11.2 Å². The molecule has 1 aromatic carbocycles. The normalized spacial score (nSPS) is 13.1. The van der Waals surface area contributed by atoms with Crippen LogP contribution in [0.5, 0.6) is 0 Å². The number of ketones is 1. The number of unbranched alkanes of at least 4 members (excludes halogenated alkanes) is 1. The summed E-state index contributed by atoms with van der Waals surface area (Å²) < 4.78 is 0. The maximum absolute atomic E-state index is 12.4. The van der Waals surface area contributed by atoms with Crippen LogP contribution in [0.4, 0.5) is 0 Å². The van der Waals surface area contributed by atoms with Crippen LogP contribution < -0.4 is 5.32 Å². The van der Waals surface area contributed by atoms with Gasteiger partial charge in [-0.2, -0.15) is 0 Å². The lowest BCUT2D eigenvalue weighted by molar-refractivity contribution is -0.120. The summed E-state index contributed by atoms with van der Waals surface area (Å²) in [5, 5.41) is 2.74. The first-order valence-electron chi connectivity index (χ1n) is 6.79. The number of allylic oxidation sites excluding steroid dienone is 2. The van der Waals surface area contributed by atoms with Gasteiger partial charge in [-0.05, 0) is 17.6 Å². The fraction of sp³-hybridized carbons (Fsp3) is 0.294. The lowest BCUT2D eigenvalue weighted by Gasteiger charge is -2.07. The summed E-state index contributed by atoms with van der Waals surface area (Å²) in [6, 6.07) is 7.31. The van der Waals surface area contributed by atoms with Gasteiger partial charge in [0.05, 0.1) is 5.70 Å². The maximum atomic E-state index is 12.4. The summed E-state index contributed by atoms with van der Waals surface area (Å²) in [7, 11) is 0. The predicted octanol–water partition coefficient (Wildman–Crippen LogP) is 2.92. The SMILES string of the molecule is C#CCC1=C(NC(=O)CCCC)C(=O)c2ccccc21. The van der Waals surface area contributed by atoms with Crippen LogP contribution >= 0.6 is 0 Å². The molecule has 1 N–H and O–H groups in total. The van der Waals surface area contributed by atoms with E-state index in [-0.39, 0.29) is 11.7 Å². The molecule has 0 spiro atoms. The molecular weight excluding hydrogens is 250 g/mol. The number of hydrogen-bond donors (Lipinski definition) is 1. The summed E-state index contributed by atoms with van der Waals surface area (Å²) in [5.74, 6) is 2.29. The molecule has 1 aliphatic carbocycles. The summed E-state index contributed by atoms with van der Waals surface area (Å²) in [4.78, 5) is 24.2. The molecule has 0 unspecified atom stereocenters. The largest absolute Gasteiger partial charge is 0.323 e. The number of amides is 1. The van der Waals surface area contributed by atoms with E-state index in [0.717, 1.165) is 24.0 Å². The first-order chi connectivity index (χ1) is 9.69. The molecule has 0 saturated heterocycles. The molecule has 20 heavy (non-hydrogen) atoms. The first-order valence-corrected chi connectivity index (χ1v) is 6.79. The van der Waals surface area contributed by atoms with Gasteiger partial charge in [-0.1, -0.05) is 37.6 Å². The smallest absolute Gasteiger partial charge is 0.224 e. The highest BCUT2D eigenvalue weighted by Crippen LogP contribution is 2.33. The minimum atomic E-state index is -0.143. The number of nitrogens with one attached hydrogen (secondary N) is 1. The van der Waals surface area contributed by atoms with Gasteiger partial charge in [0.1, 0.15) is 0 Å². The molecule has 0 heterocycles. The van der Waals surface area contributed by atoms with Crippen molar-refractivity contribution in [1.29, 1.82) is 0 Å². The van der Waals surface area contributed by atoms with Crippen LogP contribution in [0.3, 0.4) is 0 Å². The minimum absolute atomic E-state index is 0.127. The van der Waals surface area contributed by atoms with Gasteiger partial charge in [0.2, 0.25) is 11.7 Å². The van der Waals surface area contributed by atoms with Gasteiger partial charge in [0.25, 0.3) is 0 Å². The molecule has 3 heteroatoms. The van der Waals surface area contributed by atoms with Crippen LogP contribution in [0.2, 0.25) is 0 Å². The third kappa shape index (κ3) is 2.65. The van der Waals surface area contributed by atoms with Gasteiger partial charge in [-0.25, -0.2) is 0 Å². The van der Waals surface area contributed by atoms with E-state index in [9.17, 15) is 9.59 Å². The van der Waals surface area contributed by atoms with Crippen LogP contribution in [0.15, 0.2) is 30.0 Å². The second-order valence-electron chi connectivity index (χ2n) is 4.76. The van der Waals surface area contributed by atoms with Crippen LogP contribution in [-0.4, -0.2) is 11.7 Å². The Kier molecular flexibility index (Phi) is 4.37. The van der Waals surface area contributed by atoms with Gasteiger partial charge in [-0.15, -0.1) is 12.3 Å². The fourth-order valence-corrected chi connectivity index (χ4v) is 2.31. The third-order valence-electron chi connectivity index (χ3n) is 3.33. The summed E-state index contributed by atoms with van der Waals surface area (Å²) in [6.07, 6.45) is 7.89. The van der Waals surface area contributed by atoms with Crippen molar-refractivity contribution in [2.75, 3.05) is 0 Å². The Labute approximate surface area is 119 Å². The van der Waals surface area contributed by atoms with Crippen LogP contribution in [0.25, 0.3) is 5.57 Å². The van der Waals surface area contributed by atoms with Crippen molar-refractivity contribution in [2.24, 2.45) is 0 Å². The van der Waals surface area contributed by atoms with Crippen LogP contribution in [0.1, 0.15) is 48.5 Å². The van der Waals surface area contributed by atoms with Gasteiger partial charge < -0.3 is 5.32 Å². The van der Waals surface area contributed by atoms with E-state index in [0.29, 0.717) is 24.1 Å². The van der Waals surface area contributed by atoms with Crippen molar-refractivity contribution < 1.29 is 9.59 Å². The second-order valence-corrected chi connectivity index (χ2v) is 4.76. The van der Waals surface area contributed by atoms with Gasteiger partial charge in [-0.3, -0.25) is 9.59 Å². The molecule has 3 nitrogen and oxygen atoms in total. The molecule has 0 fully saturated rings. The van der Waals surface area contributed by atoms with Crippen molar-refractivity contribution in [3.8, 4) is 12.3 Å². The van der Waals surface area contributed by atoms with Gasteiger partial charge in [0.15, 0.2) is 0 Å². The quantitative estimate of drug-likeness (QED) is 0.834. The Bertz CT molecular complexity index is 620. The highest BCUT2D eigenvalue weighted by molar-refractivity contribution is 6.21. The molecule has 0 saturated carbocycles. The molecule has 0 bridgehead atoms. The van der Waals surface area contributed by atoms with Crippen molar-refractivity contribution in [1.82, 2.24) is 5.32 Å².